The van der Waals surface area contributed by atoms with Crippen LogP contribution in [0.15, 0.2) is 0 Å². The fraction of sp³-hybridized carbons (Fsp3) is 0.667. The largest absolute Gasteiger partial charge is 0.382 e. The van der Waals surface area contributed by atoms with Crippen LogP contribution in [0.5, 0.6) is 0 Å². The van der Waals surface area contributed by atoms with Crippen LogP contribution in [-0.4, -0.2) is 41.5 Å². The minimum atomic E-state index is -1.60. The molecule has 0 aromatic rings. The molecule has 0 bridgehead atoms. The Morgan fingerprint density at radius 3 is 2.00 bits per heavy atom. The highest BCUT2D eigenvalue weighted by Gasteiger charge is 2.29. The predicted octanol–water partition coefficient (Wildman–Crippen LogP) is -3.99. The van der Waals surface area contributed by atoms with E-state index in [1.165, 1.54) is 0 Å². The van der Waals surface area contributed by atoms with E-state index in [2.05, 4.69) is 0 Å². The van der Waals surface area contributed by atoms with Gasteiger partial charge in [-0.05, 0) is 0 Å². The number of nitrogens with two attached hydrogens (primary N) is 4. The van der Waals surface area contributed by atoms with Crippen molar-refractivity contribution in [2.75, 3.05) is 0 Å². The fourth-order valence-electron chi connectivity index (χ4n) is 0.747. The molecule has 4 atom stereocenters. The van der Waals surface area contributed by atoms with Crippen LogP contribution < -0.4 is 22.9 Å². The van der Waals surface area contributed by atoms with Crippen molar-refractivity contribution in [2.45, 2.75) is 24.2 Å². The number of hydrogen-bond acceptors (Lipinski definition) is 6. The Labute approximate surface area is 75.0 Å². The van der Waals surface area contributed by atoms with Gasteiger partial charge in [0.25, 0.3) is 0 Å². The molecule has 0 aliphatic carbocycles. The molecule has 0 radical (unpaired) electrons. The van der Waals surface area contributed by atoms with E-state index in [0.717, 1.165) is 0 Å². The number of amides is 1. The lowest BCUT2D eigenvalue weighted by Crippen LogP contribution is -2.60. The lowest BCUT2D eigenvalue weighted by Gasteiger charge is -2.24. The van der Waals surface area contributed by atoms with Gasteiger partial charge in [0.1, 0.15) is 12.4 Å². The summed E-state index contributed by atoms with van der Waals surface area (Å²) in [4.78, 5) is 20.6. The maximum atomic E-state index is 10.5. The van der Waals surface area contributed by atoms with E-state index in [1.54, 1.807) is 0 Å². The smallest absolute Gasteiger partial charge is 0.247 e. The summed E-state index contributed by atoms with van der Waals surface area (Å²) in [5, 5.41) is 9.06. The first-order valence-electron chi connectivity index (χ1n) is 3.61. The molecule has 0 rings (SSSR count). The van der Waals surface area contributed by atoms with Gasteiger partial charge >= 0.3 is 0 Å². The lowest BCUT2D eigenvalue weighted by molar-refractivity contribution is -0.127. The topological polar surface area (TPSA) is 158 Å². The molecule has 0 aliphatic heterocycles. The highest BCUT2D eigenvalue weighted by Crippen LogP contribution is 1.96. The van der Waals surface area contributed by atoms with Gasteiger partial charge in [-0.3, -0.25) is 4.79 Å². The van der Waals surface area contributed by atoms with Crippen LogP contribution in [0.1, 0.15) is 0 Å². The number of aliphatic hydroxyl groups is 1. The average molecular weight is 190 g/mol. The zero-order valence-electron chi connectivity index (χ0n) is 6.96. The van der Waals surface area contributed by atoms with Crippen molar-refractivity contribution in [2.24, 2.45) is 22.9 Å². The number of carbonyl (C=O) groups excluding carboxylic acids is 2. The van der Waals surface area contributed by atoms with Crippen LogP contribution in [0.2, 0.25) is 0 Å². The molecule has 0 heterocycles. The number of aliphatic hydroxyl groups excluding tert-OH is 1. The van der Waals surface area contributed by atoms with Gasteiger partial charge in [-0.25, -0.2) is 0 Å². The molecule has 7 heteroatoms. The minimum absolute atomic E-state index is 0.387. The van der Waals surface area contributed by atoms with E-state index in [-0.39, 0.29) is 0 Å². The van der Waals surface area contributed by atoms with E-state index < -0.39 is 30.1 Å². The molecule has 0 unspecified atom stereocenters. The quantitative estimate of drug-likeness (QED) is 0.278. The van der Waals surface area contributed by atoms with Crippen molar-refractivity contribution < 1.29 is 14.7 Å². The summed E-state index contributed by atoms with van der Waals surface area (Å²) in [6.07, 6.45) is -1.21. The molecule has 0 saturated heterocycles. The minimum Gasteiger partial charge on any atom is -0.382 e. The maximum Gasteiger partial charge on any atom is 0.247 e. The molecule has 0 aromatic carbocycles. The van der Waals surface area contributed by atoms with Crippen molar-refractivity contribution in [1.82, 2.24) is 0 Å². The zero-order chi connectivity index (χ0) is 10.6. The van der Waals surface area contributed by atoms with Crippen LogP contribution in [0.25, 0.3) is 0 Å². The van der Waals surface area contributed by atoms with Gasteiger partial charge in [-0.15, -0.1) is 0 Å². The number of hydrogen-bond donors (Lipinski definition) is 5. The van der Waals surface area contributed by atoms with Crippen LogP contribution >= 0.6 is 0 Å². The zero-order valence-corrected chi connectivity index (χ0v) is 6.96. The van der Waals surface area contributed by atoms with E-state index >= 15 is 0 Å². The van der Waals surface area contributed by atoms with Crippen molar-refractivity contribution in [3.05, 3.63) is 0 Å². The van der Waals surface area contributed by atoms with E-state index in [0.29, 0.717) is 6.29 Å². The van der Waals surface area contributed by atoms with Crippen LogP contribution in [0.3, 0.4) is 0 Å². The third kappa shape index (κ3) is 3.07. The van der Waals surface area contributed by atoms with Gasteiger partial charge < -0.3 is 32.8 Å². The summed E-state index contributed by atoms with van der Waals surface area (Å²) in [6.45, 7) is 0. The Balaban J connectivity index is 4.32. The second kappa shape index (κ2) is 4.87. The first-order valence-corrected chi connectivity index (χ1v) is 3.61. The average Bonchev–Trinajstić information content (AvgIpc) is 2.12. The third-order valence-corrected chi connectivity index (χ3v) is 1.70. The molecule has 0 spiro atoms. The molecule has 0 fully saturated rings. The predicted molar refractivity (Wildman–Crippen MR) is 45.2 cm³/mol. The van der Waals surface area contributed by atoms with Crippen LogP contribution in [0.4, 0.5) is 0 Å². The lowest BCUT2D eigenvalue weighted by atomic mass is 9.98. The van der Waals surface area contributed by atoms with E-state index in [1.807, 2.05) is 0 Å². The van der Waals surface area contributed by atoms with Gasteiger partial charge in [0, 0.05) is 6.04 Å². The van der Waals surface area contributed by atoms with Crippen molar-refractivity contribution >= 4 is 12.2 Å². The SMILES string of the molecule is NC(=O)[C@@H](O)[C@H](N)[C@H](N)[C@@H](N)C=O. The molecule has 7 nitrogen and oxygen atoms in total. The van der Waals surface area contributed by atoms with Gasteiger partial charge in [0.2, 0.25) is 5.91 Å². The van der Waals surface area contributed by atoms with Gasteiger partial charge in [-0.1, -0.05) is 0 Å². The molecular formula is C6H14N4O3. The number of rotatable bonds is 5. The van der Waals surface area contributed by atoms with Crippen LogP contribution in [-0.2, 0) is 9.59 Å². The molecule has 76 valence electrons. The molecule has 1 amide bonds. The van der Waals surface area contributed by atoms with E-state index in [4.69, 9.17) is 28.0 Å². The summed E-state index contributed by atoms with van der Waals surface area (Å²) in [5.41, 5.74) is 20.7. The first kappa shape index (κ1) is 12.0. The summed E-state index contributed by atoms with van der Waals surface area (Å²) in [7, 11) is 0. The Bertz CT molecular complexity index is 198. The normalized spacial score (nSPS) is 20.0. The summed E-state index contributed by atoms with van der Waals surface area (Å²) >= 11 is 0. The number of carbonyl (C=O) groups is 2. The third-order valence-electron chi connectivity index (χ3n) is 1.70. The summed E-state index contributed by atoms with van der Waals surface area (Å²) < 4.78 is 0. The van der Waals surface area contributed by atoms with Crippen molar-refractivity contribution in [3.8, 4) is 0 Å². The monoisotopic (exact) mass is 190 g/mol. The fourth-order valence-corrected chi connectivity index (χ4v) is 0.747. The van der Waals surface area contributed by atoms with Crippen molar-refractivity contribution in [3.63, 3.8) is 0 Å². The highest BCUT2D eigenvalue weighted by molar-refractivity contribution is 5.79. The second-order valence-electron chi connectivity index (χ2n) is 2.72. The molecule has 0 saturated carbocycles. The maximum absolute atomic E-state index is 10.5. The number of aldehydes is 1. The molecule has 13 heavy (non-hydrogen) atoms. The summed E-state index contributed by atoms with van der Waals surface area (Å²) in [5.74, 6) is -0.999. The Morgan fingerprint density at radius 2 is 1.69 bits per heavy atom. The molecule has 0 aliphatic rings. The van der Waals surface area contributed by atoms with Gasteiger partial charge in [-0.2, -0.15) is 0 Å². The van der Waals surface area contributed by atoms with Gasteiger partial charge in [0.05, 0.1) is 12.1 Å². The molecule has 0 aromatic heterocycles. The first-order chi connectivity index (χ1) is 5.91. The molecular weight excluding hydrogens is 176 g/mol. The second-order valence-corrected chi connectivity index (χ2v) is 2.72. The Hall–Kier alpha value is -1.02. The van der Waals surface area contributed by atoms with Crippen molar-refractivity contribution in [1.29, 1.82) is 0 Å². The standard InChI is InChI=1S/C6H14N4O3/c7-2(1-11)3(8)4(9)5(12)6(10)13/h1-5,12H,7-9H2,(H2,10,13)/t2-,3+,4+,5-/m0/s1. The highest BCUT2D eigenvalue weighted by atomic mass is 16.3. The Kier molecular flexibility index (Phi) is 4.49. The summed E-state index contributed by atoms with van der Waals surface area (Å²) in [6, 6.07) is -3.17. The number of primary amides is 1. The molecule has 9 N–H and O–H groups in total. The Morgan fingerprint density at radius 1 is 1.23 bits per heavy atom. The van der Waals surface area contributed by atoms with E-state index in [9.17, 15) is 9.59 Å². The van der Waals surface area contributed by atoms with Gasteiger partial charge in [0.15, 0.2) is 0 Å². The van der Waals surface area contributed by atoms with Crippen LogP contribution in [0, 0.1) is 0 Å².